The number of nitrogens with one attached hydrogen (secondary N) is 1. The second-order valence-electron chi connectivity index (χ2n) is 8.62. The van der Waals surface area contributed by atoms with Crippen LogP contribution in [0, 0.1) is 0 Å². The first-order chi connectivity index (χ1) is 16.1. The summed E-state index contributed by atoms with van der Waals surface area (Å²) < 4.78 is 46.6. The van der Waals surface area contributed by atoms with Crippen molar-refractivity contribution in [3.8, 4) is 17.0 Å². The number of amides is 4. The number of nitrogens with two attached hydrogens (primary N) is 1. The van der Waals surface area contributed by atoms with Gasteiger partial charge in [-0.05, 0) is 44.7 Å². The molecule has 2 heterocycles. The molecule has 2 fully saturated rings. The van der Waals surface area contributed by atoms with E-state index in [1.165, 1.54) is 18.2 Å². The topological polar surface area (TPSA) is 114 Å². The van der Waals surface area contributed by atoms with Crippen molar-refractivity contribution >= 4 is 12.1 Å². The summed E-state index contributed by atoms with van der Waals surface area (Å²) in [6.07, 6.45) is -1.46. The van der Waals surface area contributed by atoms with E-state index in [0.717, 1.165) is 25.7 Å². The molecule has 0 spiro atoms. The fourth-order valence-electron chi connectivity index (χ4n) is 4.24. The molecule has 2 atom stereocenters. The van der Waals surface area contributed by atoms with Gasteiger partial charge in [0.05, 0.1) is 12.6 Å². The molecule has 1 aliphatic carbocycles. The second kappa shape index (κ2) is 9.43. The molecule has 0 radical (unpaired) electrons. The van der Waals surface area contributed by atoms with Gasteiger partial charge in [0.1, 0.15) is 11.4 Å². The van der Waals surface area contributed by atoms with E-state index in [-0.39, 0.29) is 36.5 Å². The van der Waals surface area contributed by atoms with Gasteiger partial charge in [-0.1, -0.05) is 17.3 Å². The minimum Gasteiger partial charge on any atom is -0.406 e. The molecule has 1 saturated carbocycles. The third-order valence-corrected chi connectivity index (χ3v) is 6.04. The number of nitrogens with zero attached hydrogens (tertiary/aromatic N) is 3. The van der Waals surface area contributed by atoms with E-state index in [0.29, 0.717) is 23.6 Å². The van der Waals surface area contributed by atoms with Crippen molar-refractivity contribution in [1.29, 1.82) is 0 Å². The number of urea groups is 2. The van der Waals surface area contributed by atoms with Crippen LogP contribution in [-0.2, 0) is 6.54 Å². The van der Waals surface area contributed by atoms with Crippen LogP contribution in [0.2, 0.25) is 0 Å². The van der Waals surface area contributed by atoms with Gasteiger partial charge < -0.3 is 30.1 Å². The summed E-state index contributed by atoms with van der Waals surface area (Å²) in [7, 11) is 0. The van der Waals surface area contributed by atoms with Crippen LogP contribution in [0.15, 0.2) is 34.9 Å². The molecule has 1 aliphatic heterocycles. The highest BCUT2D eigenvalue weighted by atomic mass is 19.4. The van der Waals surface area contributed by atoms with Crippen LogP contribution in [0.3, 0.4) is 0 Å². The summed E-state index contributed by atoms with van der Waals surface area (Å²) >= 11 is 0. The Balaban J connectivity index is 1.38. The van der Waals surface area contributed by atoms with Gasteiger partial charge in [-0.3, -0.25) is 0 Å². The van der Waals surface area contributed by atoms with Gasteiger partial charge in [-0.2, -0.15) is 0 Å². The molecule has 3 N–H and O–H groups in total. The Labute approximate surface area is 194 Å². The van der Waals surface area contributed by atoms with Gasteiger partial charge in [-0.15, -0.1) is 13.2 Å². The fraction of sp³-hybridized carbons (Fsp3) is 0.500. The molecule has 4 rings (SSSR count). The number of alkyl halides is 3. The van der Waals surface area contributed by atoms with Crippen molar-refractivity contribution in [3.05, 3.63) is 36.1 Å². The van der Waals surface area contributed by atoms with Crippen molar-refractivity contribution < 1.29 is 32.0 Å². The van der Waals surface area contributed by atoms with E-state index in [1.54, 1.807) is 21.9 Å². The van der Waals surface area contributed by atoms with E-state index in [9.17, 15) is 22.8 Å². The highest BCUT2D eigenvalue weighted by Gasteiger charge is 2.41. The maximum atomic E-state index is 13.0. The number of hydrogen-bond acceptors (Lipinski definition) is 5. The Kier molecular flexibility index (Phi) is 6.58. The summed E-state index contributed by atoms with van der Waals surface area (Å²) in [6, 6.07) is 6.20. The monoisotopic (exact) mass is 481 g/mol. The zero-order valence-corrected chi connectivity index (χ0v) is 18.5. The first kappa shape index (κ1) is 23.7. The summed E-state index contributed by atoms with van der Waals surface area (Å²) in [5, 5.41) is 6.71. The number of halogens is 3. The molecule has 1 aromatic carbocycles. The minimum atomic E-state index is -4.80. The van der Waals surface area contributed by atoms with Gasteiger partial charge in [0.2, 0.25) is 0 Å². The van der Waals surface area contributed by atoms with Crippen LogP contribution in [0.1, 0.15) is 38.4 Å². The SMILES string of the molecule is CC1CC[C@@H](N(C(=O)NCc2cc(-c3cccc(OC(F)(F)F)c3)no2)C2CC2)CN1C(N)=O. The van der Waals surface area contributed by atoms with Crippen LogP contribution >= 0.6 is 0 Å². The number of carbonyl (C=O) groups is 2. The first-order valence-corrected chi connectivity index (χ1v) is 11.0. The van der Waals surface area contributed by atoms with Crippen molar-refractivity contribution in [2.45, 2.75) is 63.6 Å². The van der Waals surface area contributed by atoms with Crippen molar-refractivity contribution in [2.75, 3.05) is 6.54 Å². The molecule has 0 bridgehead atoms. The lowest BCUT2D eigenvalue weighted by molar-refractivity contribution is -0.274. The standard InChI is InChI=1S/C22H26F3N5O4/c1-13-5-6-16(12-29(13)20(26)31)30(15-7-8-15)21(32)27-11-18-10-19(28-34-18)14-3-2-4-17(9-14)33-22(23,24)25/h2-4,9-10,13,15-16H,5-8,11-12H2,1H3,(H2,26,31)(H,27,32)/t13?,16-/m1/s1. The molecular formula is C22H26F3N5O4. The number of primary amides is 1. The number of carbonyl (C=O) groups excluding carboxylic acids is 2. The predicted molar refractivity (Wildman–Crippen MR) is 114 cm³/mol. The van der Waals surface area contributed by atoms with Crippen LogP contribution in [0.4, 0.5) is 22.8 Å². The molecule has 1 unspecified atom stereocenters. The van der Waals surface area contributed by atoms with E-state index < -0.39 is 12.4 Å². The lowest BCUT2D eigenvalue weighted by atomic mass is 9.98. The molecule has 1 saturated heterocycles. The van der Waals surface area contributed by atoms with Crippen LogP contribution < -0.4 is 15.8 Å². The van der Waals surface area contributed by atoms with Crippen molar-refractivity contribution in [2.24, 2.45) is 5.73 Å². The normalized spacial score (nSPS) is 20.6. The van der Waals surface area contributed by atoms with Crippen LogP contribution in [-0.4, -0.2) is 58.1 Å². The van der Waals surface area contributed by atoms with Crippen molar-refractivity contribution in [3.63, 3.8) is 0 Å². The molecule has 12 heteroatoms. The minimum absolute atomic E-state index is 0.0329. The van der Waals surface area contributed by atoms with E-state index >= 15 is 0 Å². The Morgan fingerprint density at radius 2 is 1.97 bits per heavy atom. The number of aromatic nitrogens is 1. The average Bonchev–Trinajstić information content (AvgIpc) is 3.48. The maximum Gasteiger partial charge on any atom is 0.573 e. The van der Waals surface area contributed by atoms with Gasteiger partial charge in [0, 0.05) is 30.3 Å². The van der Waals surface area contributed by atoms with Crippen LogP contribution in [0.5, 0.6) is 5.75 Å². The smallest absolute Gasteiger partial charge is 0.406 e. The summed E-state index contributed by atoms with van der Waals surface area (Å²) in [5.41, 5.74) is 6.19. The third-order valence-electron chi connectivity index (χ3n) is 6.04. The van der Waals surface area contributed by atoms with Gasteiger partial charge in [-0.25, -0.2) is 9.59 Å². The van der Waals surface area contributed by atoms with Crippen molar-refractivity contribution in [1.82, 2.24) is 20.3 Å². The molecule has 34 heavy (non-hydrogen) atoms. The molecule has 2 aromatic rings. The zero-order chi connectivity index (χ0) is 24.5. The Morgan fingerprint density at radius 1 is 1.24 bits per heavy atom. The predicted octanol–water partition coefficient (Wildman–Crippen LogP) is 3.85. The Hall–Kier alpha value is -3.44. The van der Waals surface area contributed by atoms with Gasteiger partial charge in [0.15, 0.2) is 5.76 Å². The molecule has 2 aliphatic rings. The highest BCUT2D eigenvalue weighted by molar-refractivity contribution is 5.76. The summed E-state index contributed by atoms with van der Waals surface area (Å²) in [4.78, 5) is 28.1. The van der Waals surface area contributed by atoms with Gasteiger partial charge >= 0.3 is 18.4 Å². The number of piperidine rings is 1. The third kappa shape index (κ3) is 5.72. The lowest BCUT2D eigenvalue weighted by Crippen LogP contribution is -2.57. The average molecular weight is 481 g/mol. The molecule has 9 nitrogen and oxygen atoms in total. The number of benzene rings is 1. The quantitative estimate of drug-likeness (QED) is 0.651. The maximum absolute atomic E-state index is 13.0. The fourth-order valence-corrected chi connectivity index (χ4v) is 4.24. The lowest BCUT2D eigenvalue weighted by Gasteiger charge is -2.42. The van der Waals surface area contributed by atoms with E-state index in [4.69, 9.17) is 10.3 Å². The number of likely N-dealkylation sites (tertiary alicyclic amines) is 1. The van der Waals surface area contributed by atoms with Gasteiger partial charge in [0.25, 0.3) is 0 Å². The molecule has 1 aromatic heterocycles. The molecule has 184 valence electrons. The van der Waals surface area contributed by atoms with E-state index in [1.807, 2.05) is 6.92 Å². The molecule has 4 amide bonds. The second-order valence-corrected chi connectivity index (χ2v) is 8.62. The Bertz CT molecular complexity index is 1040. The number of rotatable bonds is 6. The molecular weight excluding hydrogens is 455 g/mol. The zero-order valence-electron chi connectivity index (χ0n) is 18.5. The largest absolute Gasteiger partial charge is 0.573 e. The first-order valence-electron chi connectivity index (χ1n) is 11.0. The number of ether oxygens (including phenoxy) is 1. The van der Waals surface area contributed by atoms with Crippen LogP contribution in [0.25, 0.3) is 11.3 Å². The summed E-state index contributed by atoms with van der Waals surface area (Å²) in [6.45, 7) is 2.38. The number of hydrogen-bond donors (Lipinski definition) is 2. The van der Waals surface area contributed by atoms with E-state index in [2.05, 4.69) is 15.2 Å². The summed E-state index contributed by atoms with van der Waals surface area (Å²) in [5.74, 6) is -0.0213. The highest BCUT2D eigenvalue weighted by Crippen LogP contribution is 2.33. The Morgan fingerprint density at radius 3 is 2.65 bits per heavy atom.